The van der Waals surface area contributed by atoms with Crippen LogP contribution in [-0.2, 0) is 0 Å². The second kappa shape index (κ2) is 6.55. The Labute approximate surface area is 138 Å². The molecular weight excluding hydrogens is 406 g/mol. The standard InChI is InChI=1S/C14H11Br2NO4/c1-8(18)9-2-4-14(12(6-9)17(19)20)21-13-5-3-10(15)7-11(13)16/h2-8,18H,1H3/t8-/m1/s1. The van der Waals surface area contributed by atoms with Crippen LogP contribution in [0.4, 0.5) is 5.69 Å². The van der Waals surface area contributed by atoms with Gasteiger partial charge in [0.15, 0.2) is 0 Å². The molecule has 110 valence electrons. The lowest BCUT2D eigenvalue weighted by molar-refractivity contribution is -0.385. The third kappa shape index (κ3) is 3.81. The second-order valence-electron chi connectivity index (χ2n) is 4.34. The van der Waals surface area contributed by atoms with Gasteiger partial charge in [0.05, 0.1) is 15.5 Å². The molecule has 2 aromatic rings. The van der Waals surface area contributed by atoms with Gasteiger partial charge in [0.25, 0.3) is 0 Å². The van der Waals surface area contributed by atoms with Gasteiger partial charge < -0.3 is 9.84 Å². The molecule has 0 unspecified atom stereocenters. The molecule has 0 aliphatic carbocycles. The van der Waals surface area contributed by atoms with Crippen LogP contribution in [0.25, 0.3) is 0 Å². The van der Waals surface area contributed by atoms with Gasteiger partial charge in [0.2, 0.25) is 5.75 Å². The summed E-state index contributed by atoms with van der Waals surface area (Å²) in [6.45, 7) is 1.55. The maximum atomic E-state index is 11.2. The monoisotopic (exact) mass is 415 g/mol. The molecule has 0 heterocycles. The lowest BCUT2D eigenvalue weighted by atomic mass is 10.1. The van der Waals surface area contributed by atoms with Crippen LogP contribution >= 0.6 is 31.9 Å². The average Bonchev–Trinajstić information content (AvgIpc) is 2.41. The number of nitro groups is 1. The van der Waals surface area contributed by atoms with Gasteiger partial charge in [-0.25, -0.2) is 0 Å². The molecule has 1 atom stereocenters. The number of nitro benzene ring substituents is 1. The molecule has 2 aromatic carbocycles. The van der Waals surface area contributed by atoms with Crippen molar-refractivity contribution >= 4 is 37.5 Å². The molecule has 0 aliphatic heterocycles. The minimum absolute atomic E-state index is 0.118. The molecule has 0 saturated carbocycles. The zero-order valence-corrected chi connectivity index (χ0v) is 14.1. The van der Waals surface area contributed by atoms with Gasteiger partial charge in [-0.2, -0.15) is 0 Å². The number of rotatable bonds is 4. The number of halogens is 2. The molecule has 5 nitrogen and oxygen atoms in total. The highest BCUT2D eigenvalue weighted by molar-refractivity contribution is 9.11. The number of nitrogens with zero attached hydrogens (tertiary/aromatic N) is 1. The average molecular weight is 417 g/mol. The molecule has 0 saturated heterocycles. The number of ether oxygens (including phenoxy) is 1. The summed E-state index contributed by atoms with van der Waals surface area (Å²) in [6.07, 6.45) is -0.780. The Bertz CT molecular complexity index is 689. The first-order chi connectivity index (χ1) is 9.88. The van der Waals surface area contributed by atoms with Crippen molar-refractivity contribution in [1.29, 1.82) is 0 Å². The molecule has 0 radical (unpaired) electrons. The van der Waals surface area contributed by atoms with Crippen molar-refractivity contribution < 1.29 is 14.8 Å². The van der Waals surface area contributed by atoms with Gasteiger partial charge in [-0.3, -0.25) is 10.1 Å². The van der Waals surface area contributed by atoms with E-state index >= 15 is 0 Å². The van der Waals surface area contributed by atoms with Crippen LogP contribution in [0.1, 0.15) is 18.6 Å². The fourth-order valence-corrected chi connectivity index (χ4v) is 2.83. The Morgan fingerprint density at radius 2 is 1.86 bits per heavy atom. The van der Waals surface area contributed by atoms with Gasteiger partial charge in [-0.1, -0.05) is 22.0 Å². The van der Waals surface area contributed by atoms with Gasteiger partial charge in [0.1, 0.15) is 5.75 Å². The number of benzene rings is 2. The van der Waals surface area contributed by atoms with Gasteiger partial charge in [-0.05, 0) is 52.7 Å². The normalized spacial score (nSPS) is 12.0. The van der Waals surface area contributed by atoms with E-state index in [1.807, 2.05) is 0 Å². The SMILES string of the molecule is C[C@@H](O)c1ccc(Oc2ccc(Br)cc2Br)c([N+](=O)[O-])c1. The van der Waals surface area contributed by atoms with E-state index in [4.69, 9.17) is 4.74 Å². The zero-order chi connectivity index (χ0) is 15.6. The first kappa shape index (κ1) is 15.9. The Morgan fingerprint density at radius 3 is 2.43 bits per heavy atom. The topological polar surface area (TPSA) is 72.6 Å². The Morgan fingerprint density at radius 1 is 1.19 bits per heavy atom. The number of hydrogen-bond donors (Lipinski definition) is 1. The van der Waals surface area contributed by atoms with Crippen LogP contribution in [-0.4, -0.2) is 10.0 Å². The van der Waals surface area contributed by atoms with E-state index in [9.17, 15) is 15.2 Å². The molecule has 7 heteroatoms. The van der Waals surface area contributed by atoms with Crippen LogP contribution < -0.4 is 4.74 Å². The first-order valence-corrected chi connectivity index (χ1v) is 7.56. The molecule has 0 fully saturated rings. The van der Waals surface area contributed by atoms with Crippen molar-refractivity contribution in [3.05, 3.63) is 61.0 Å². The third-order valence-electron chi connectivity index (χ3n) is 2.78. The summed E-state index contributed by atoms with van der Waals surface area (Å²) >= 11 is 6.66. The van der Waals surface area contributed by atoms with Crippen molar-refractivity contribution in [3.63, 3.8) is 0 Å². The minimum atomic E-state index is -0.780. The molecule has 0 spiro atoms. The van der Waals surface area contributed by atoms with Gasteiger partial charge in [0, 0.05) is 10.5 Å². The van der Waals surface area contributed by atoms with E-state index in [1.165, 1.54) is 12.1 Å². The molecule has 0 amide bonds. The predicted octanol–water partition coefficient (Wildman–Crippen LogP) is 4.97. The van der Waals surface area contributed by atoms with E-state index < -0.39 is 11.0 Å². The number of aliphatic hydroxyl groups is 1. The quantitative estimate of drug-likeness (QED) is 0.564. The summed E-state index contributed by atoms with van der Waals surface area (Å²) in [5.74, 6) is 0.582. The van der Waals surface area contributed by atoms with E-state index in [1.54, 1.807) is 31.2 Å². The zero-order valence-electron chi connectivity index (χ0n) is 10.9. The number of hydrogen-bond acceptors (Lipinski definition) is 4. The first-order valence-electron chi connectivity index (χ1n) is 5.98. The van der Waals surface area contributed by atoms with Crippen LogP contribution in [0, 0.1) is 10.1 Å². The Balaban J connectivity index is 2.41. The van der Waals surface area contributed by atoms with Crippen LogP contribution in [0.5, 0.6) is 11.5 Å². The Kier molecular flexibility index (Phi) is 4.97. The van der Waals surface area contributed by atoms with Gasteiger partial charge in [-0.15, -0.1) is 0 Å². The summed E-state index contributed by atoms with van der Waals surface area (Å²) < 4.78 is 7.13. The fraction of sp³-hybridized carbons (Fsp3) is 0.143. The highest BCUT2D eigenvalue weighted by Gasteiger charge is 2.19. The molecule has 1 N–H and O–H groups in total. The largest absolute Gasteiger partial charge is 0.449 e. The summed E-state index contributed by atoms with van der Waals surface area (Å²) in [7, 11) is 0. The van der Waals surface area contributed by atoms with Crippen molar-refractivity contribution in [2.45, 2.75) is 13.0 Å². The molecule has 0 aromatic heterocycles. The molecular formula is C14H11Br2NO4. The van der Waals surface area contributed by atoms with E-state index in [2.05, 4.69) is 31.9 Å². The third-order valence-corrected chi connectivity index (χ3v) is 3.89. The molecule has 21 heavy (non-hydrogen) atoms. The number of aliphatic hydroxyl groups excluding tert-OH is 1. The summed E-state index contributed by atoms with van der Waals surface area (Å²) in [6, 6.07) is 9.64. The summed E-state index contributed by atoms with van der Waals surface area (Å²) in [5.41, 5.74) is 0.271. The van der Waals surface area contributed by atoms with Gasteiger partial charge >= 0.3 is 5.69 Å². The van der Waals surface area contributed by atoms with Crippen LogP contribution in [0.3, 0.4) is 0 Å². The minimum Gasteiger partial charge on any atom is -0.449 e. The lowest BCUT2D eigenvalue weighted by Gasteiger charge is -2.10. The van der Waals surface area contributed by atoms with E-state index in [0.717, 1.165) is 4.47 Å². The lowest BCUT2D eigenvalue weighted by Crippen LogP contribution is -1.97. The van der Waals surface area contributed by atoms with Crippen molar-refractivity contribution in [3.8, 4) is 11.5 Å². The van der Waals surface area contributed by atoms with Crippen LogP contribution in [0.15, 0.2) is 45.3 Å². The highest BCUT2D eigenvalue weighted by Crippen LogP contribution is 2.37. The maximum absolute atomic E-state index is 11.2. The van der Waals surface area contributed by atoms with Crippen molar-refractivity contribution in [2.24, 2.45) is 0 Å². The van der Waals surface area contributed by atoms with Crippen molar-refractivity contribution in [2.75, 3.05) is 0 Å². The second-order valence-corrected chi connectivity index (χ2v) is 6.11. The predicted molar refractivity (Wildman–Crippen MR) is 85.6 cm³/mol. The summed E-state index contributed by atoms with van der Waals surface area (Å²) in [4.78, 5) is 10.6. The molecule has 2 rings (SSSR count). The molecule has 0 aliphatic rings. The highest BCUT2D eigenvalue weighted by atomic mass is 79.9. The fourth-order valence-electron chi connectivity index (χ4n) is 1.70. The smallest absolute Gasteiger partial charge is 0.311 e. The molecule has 0 bridgehead atoms. The van der Waals surface area contributed by atoms with E-state index in [0.29, 0.717) is 15.8 Å². The Hall–Kier alpha value is -1.44. The van der Waals surface area contributed by atoms with Crippen molar-refractivity contribution in [1.82, 2.24) is 0 Å². The van der Waals surface area contributed by atoms with E-state index in [-0.39, 0.29) is 11.4 Å². The maximum Gasteiger partial charge on any atom is 0.311 e. The summed E-state index contributed by atoms with van der Waals surface area (Å²) in [5, 5.41) is 20.7. The van der Waals surface area contributed by atoms with Crippen LogP contribution in [0.2, 0.25) is 0 Å².